The second kappa shape index (κ2) is 10.3. The van der Waals surface area contributed by atoms with Crippen LogP contribution in [0, 0.1) is 5.92 Å². The lowest BCUT2D eigenvalue weighted by Crippen LogP contribution is -3.14. The quantitative estimate of drug-likeness (QED) is 0.719. The third-order valence-electron chi connectivity index (χ3n) is 5.87. The molecule has 1 aliphatic heterocycles. The lowest BCUT2D eigenvalue weighted by atomic mass is 9.90. The Balaban J connectivity index is 1.48. The summed E-state index contributed by atoms with van der Waals surface area (Å²) in [4.78, 5) is 14.0. The van der Waals surface area contributed by atoms with Gasteiger partial charge in [-0.05, 0) is 55.9 Å². The molecular weight excluding hydrogens is 364 g/mol. The van der Waals surface area contributed by atoms with Crippen molar-refractivity contribution in [1.29, 1.82) is 0 Å². The lowest BCUT2D eigenvalue weighted by molar-refractivity contribution is -0.898. The molecule has 2 N–H and O–H groups in total. The summed E-state index contributed by atoms with van der Waals surface area (Å²) in [7, 11) is 3.28. The molecule has 156 valence electrons. The van der Waals surface area contributed by atoms with Crippen molar-refractivity contribution in [3.8, 4) is 11.5 Å². The van der Waals surface area contributed by atoms with Gasteiger partial charge in [-0.25, -0.2) is 0 Å². The summed E-state index contributed by atoms with van der Waals surface area (Å²) < 4.78 is 10.8. The molecule has 1 aliphatic rings. The fourth-order valence-corrected chi connectivity index (χ4v) is 4.19. The zero-order valence-corrected chi connectivity index (χ0v) is 17.7. The van der Waals surface area contributed by atoms with E-state index in [1.54, 1.807) is 14.2 Å². The van der Waals surface area contributed by atoms with Gasteiger partial charge in [0.05, 0.1) is 33.4 Å². The van der Waals surface area contributed by atoms with Crippen LogP contribution < -0.4 is 19.7 Å². The summed E-state index contributed by atoms with van der Waals surface area (Å²) >= 11 is 0. The highest BCUT2D eigenvalue weighted by molar-refractivity contribution is 5.77. The molecular formula is C24H33N2O3+. The molecule has 2 aromatic carbocycles. The summed E-state index contributed by atoms with van der Waals surface area (Å²) in [6.07, 6.45) is 3.50. The van der Waals surface area contributed by atoms with Crippen molar-refractivity contribution in [2.75, 3.05) is 33.9 Å². The van der Waals surface area contributed by atoms with Gasteiger partial charge in [0.25, 0.3) is 5.91 Å². The molecule has 0 spiro atoms. The average Bonchev–Trinajstić information content (AvgIpc) is 2.75. The van der Waals surface area contributed by atoms with Crippen LogP contribution in [0.1, 0.15) is 36.9 Å². The Bertz CT molecular complexity index is 786. The van der Waals surface area contributed by atoms with Crippen molar-refractivity contribution in [2.45, 2.75) is 32.2 Å². The fraction of sp³-hybridized carbons (Fsp3) is 0.458. The molecule has 1 amide bonds. The minimum absolute atomic E-state index is 0.0823. The van der Waals surface area contributed by atoms with E-state index in [0.29, 0.717) is 6.54 Å². The molecule has 0 aliphatic carbocycles. The molecule has 2 aromatic rings. The molecule has 5 nitrogen and oxygen atoms in total. The zero-order chi connectivity index (χ0) is 20.6. The minimum Gasteiger partial charge on any atom is -0.497 e. The van der Waals surface area contributed by atoms with Gasteiger partial charge >= 0.3 is 0 Å². The Kier molecular flexibility index (Phi) is 7.53. The standard InChI is InChI=1S/C24H32N2O3/c1-18(22-16-21(28-2)9-10-23(22)29-3)25-24(27)17-26-13-11-20(12-14-26)15-19-7-5-4-6-8-19/h4-10,16,18,20H,11-15,17H2,1-3H3,(H,25,27)/p+1/t18-/m0/s1. The first-order chi connectivity index (χ1) is 14.1. The molecule has 1 saturated heterocycles. The van der Waals surface area contributed by atoms with Gasteiger partial charge in [0.1, 0.15) is 11.5 Å². The Labute approximate surface area is 174 Å². The summed E-state index contributed by atoms with van der Waals surface area (Å²) in [5.74, 6) is 2.32. The number of amides is 1. The molecule has 29 heavy (non-hydrogen) atoms. The minimum atomic E-state index is -0.137. The number of quaternary nitrogens is 1. The second-order valence-electron chi connectivity index (χ2n) is 7.96. The van der Waals surface area contributed by atoms with Gasteiger partial charge in [-0.2, -0.15) is 0 Å². The van der Waals surface area contributed by atoms with E-state index in [1.165, 1.54) is 23.3 Å². The van der Waals surface area contributed by atoms with Crippen LogP contribution in [0.3, 0.4) is 0 Å². The first-order valence-electron chi connectivity index (χ1n) is 10.5. The Morgan fingerprint density at radius 2 is 1.83 bits per heavy atom. The molecule has 0 radical (unpaired) electrons. The fourth-order valence-electron chi connectivity index (χ4n) is 4.19. The summed E-state index contributed by atoms with van der Waals surface area (Å²) in [6, 6.07) is 16.2. The molecule has 0 unspecified atom stereocenters. The number of rotatable bonds is 8. The number of likely N-dealkylation sites (tertiary alicyclic amines) is 1. The number of methoxy groups -OCH3 is 2. The van der Waals surface area contributed by atoms with Crippen LogP contribution in [-0.2, 0) is 11.2 Å². The smallest absolute Gasteiger partial charge is 0.275 e. The Morgan fingerprint density at radius 1 is 1.10 bits per heavy atom. The maximum atomic E-state index is 12.6. The van der Waals surface area contributed by atoms with Crippen molar-refractivity contribution in [3.05, 3.63) is 59.7 Å². The van der Waals surface area contributed by atoms with Crippen molar-refractivity contribution >= 4 is 5.91 Å². The summed E-state index contributed by atoms with van der Waals surface area (Å²) in [5.41, 5.74) is 2.34. The van der Waals surface area contributed by atoms with Crippen LogP contribution in [0.4, 0.5) is 0 Å². The predicted octanol–water partition coefficient (Wildman–Crippen LogP) is 2.42. The molecule has 1 atom stereocenters. The topological polar surface area (TPSA) is 52.0 Å². The lowest BCUT2D eigenvalue weighted by Gasteiger charge is -2.29. The van der Waals surface area contributed by atoms with Crippen LogP contribution in [0.2, 0.25) is 0 Å². The highest BCUT2D eigenvalue weighted by Crippen LogP contribution is 2.29. The van der Waals surface area contributed by atoms with E-state index >= 15 is 0 Å². The number of ether oxygens (including phenoxy) is 2. The van der Waals surface area contributed by atoms with Crippen molar-refractivity contribution in [1.82, 2.24) is 5.32 Å². The average molecular weight is 398 g/mol. The van der Waals surface area contributed by atoms with E-state index in [-0.39, 0.29) is 11.9 Å². The number of nitrogens with one attached hydrogen (secondary N) is 2. The molecule has 5 heteroatoms. The van der Waals surface area contributed by atoms with Gasteiger partial charge in [0.15, 0.2) is 6.54 Å². The second-order valence-corrected chi connectivity index (χ2v) is 7.96. The van der Waals surface area contributed by atoms with Gasteiger partial charge in [-0.1, -0.05) is 30.3 Å². The van der Waals surface area contributed by atoms with Crippen LogP contribution in [0.15, 0.2) is 48.5 Å². The number of carbonyl (C=O) groups excluding carboxylic acids is 1. The van der Waals surface area contributed by atoms with E-state index in [1.807, 2.05) is 25.1 Å². The van der Waals surface area contributed by atoms with E-state index in [9.17, 15) is 4.79 Å². The van der Waals surface area contributed by atoms with E-state index < -0.39 is 0 Å². The van der Waals surface area contributed by atoms with E-state index in [0.717, 1.165) is 42.5 Å². The van der Waals surface area contributed by atoms with Crippen LogP contribution in [-0.4, -0.2) is 39.8 Å². The monoisotopic (exact) mass is 397 g/mol. The van der Waals surface area contributed by atoms with Crippen molar-refractivity contribution in [2.24, 2.45) is 5.92 Å². The molecule has 0 bridgehead atoms. The molecule has 1 fully saturated rings. The van der Waals surface area contributed by atoms with Gasteiger partial charge in [-0.3, -0.25) is 4.79 Å². The van der Waals surface area contributed by atoms with Gasteiger partial charge in [-0.15, -0.1) is 0 Å². The number of carbonyl (C=O) groups is 1. The van der Waals surface area contributed by atoms with Crippen LogP contribution in [0.5, 0.6) is 11.5 Å². The first kappa shape index (κ1) is 21.2. The molecule has 0 saturated carbocycles. The maximum Gasteiger partial charge on any atom is 0.275 e. The first-order valence-corrected chi connectivity index (χ1v) is 10.5. The molecule has 3 rings (SSSR count). The van der Waals surface area contributed by atoms with E-state index in [2.05, 4.69) is 35.6 Å². The van der Waals surface area contributed by atoms with Gasteiger partial charge in [0.2, 0.25) is 0 Å². The van der Waals surface area contributed by atoms with E-state index in [4.69, 9.17) is 9.47 Å². The number of piperidine rings is 1. The highest BCUT2D eigenvalue weighted by Gasteiger charge is 2.25. The largest absolute Gasteiger partial charge is 0.497 e. The van der Waals surface area contributed by atoms with Crippen LogP contribution in [0.25, 0.3) is 0 Å². The third-order valence-corrected chi connectivity index (χ3v) is 5.87. The summed E-state index contributed by atoms with van der Waals surface area (Å²) in [6.45, 7) is 4.62. The van der Waals surface area contributed by atoms with Crippen molar-refractivity contribution in [3.63, 3.8) is 0 Å². The third kappa shape index (κ3) is 5.97. The maximum absolute atomic E-state index is 12.6. The highest BCUT2D eigenvalue weighted by atomic mass is 16.5. The Morgan fingerprint density at radius 3 is 2.48 bits per heavy atom. The van der Waals surface area contributed by atoms with Gasteiger partial charge in [0, 0.05) is 5.56 Å². The molecule has 0 aromatic heterocycles. The van der Waals surface area contributed by atoms with Crippen LogP contribution >= 0.6 is 0 Å². The normalized spacial score (nSPS) is 20.0. The van der Waals surface area contributed by atoms with Gasteiger partial charge < -0.3 is 19.7 Å². The molecule has 1 heterocycles. The SMILES string of the molecule is COc1ccc(OC)c([C@H](C)NC(=O)C[NH+]2CCC(Cc3ccccc3)CC2)c1. The predicted molar refractivity (Wildman–Crippen MR) is 115 cm³/mol. The zero-order valence-electron chi connectivity index (χ0n) is 17.7. The Hall–Kier alpha value is -2.53. The number of hydrogen-bond donors (Lipinski definition) is 2. The summed E-state index contributed by atoms with van der Waals surface area (Å²) in [5, 5.41) is 3.13. The number of benzene rings is 2. The van der Waals surface area contributed by atoms with Crippen molar-refractivity contribution < 1.29 is 19.2 Å². The number of hydrogen-bond acceptors (Lipinski definition) is 3.